The third kappa shape index (κ3) is 5.07. The first-order valence-electron chi connectivity index (χ1n) is 13.0. The molecule has 0 spiro atoms. The van der Waals surface area contributed by atoms with E-state index in [0.717, 1.165) is 22.9 Å². The lowest BCUT2D eigenvalue weighted by molar-refractivity contribution is -0.128. The summed E-state index contributed by atoms with van der Waals surface area (Å²) >= 11 is 0. The molecular formula is C29H31N5O4. The molecule has 3 aromatic rings. The molecule has 0 saturated carbocycles. The second-order valence-electron chi connectivity index (χ2n) is 9.98. The molecule has 9 heteroatoms. The van der Waals surface area contributed by atoms with Crippen LogP contribution in [0.5, 0.6) is 5.75 Å². The number of carbonyl (C=O) groups excluding carboxylic acids is 3. The molecule has 9 nitrogen and oxygen atoms in total. The van der Waals surface area contributed by atoms with E-state index in [1.165, 1.54) is 0 Å². The summed E-state index contributed by atoms with van der Waals surface area (Å²) in [4.78, 5) is 44.3. The van der Waals surface area contributed by atoms with Crippen molar-refractivity contribution in [3.8, 4) is 11.8 Å². The summed E-state index contributed by atoms with van der Waals surface area (Å²) in [6, 6.07) is 17.7. The molecule has 2 saturated heterocycles. The Morgan fingerprint density at radius 2 is 2.03 bits per heavy atom. The number of aromatic nitrogens is 1. The molecular weight excluding hydrogens is 482 g/mol. The van der Waals surface area contributed by atoms with E-state index in [9.17, 15) is 19.6 Å². The fourth-order valence-electron chi connectivity index (χ4n) is 5.61. The number of nitriles is 1. The van der Waals surface area contributed by atoms with Crippen LogP contribution in [-0.4, -0.2) is 59.9 Å². The maximum atomic E-state index is 13.8. The number of benzene rings is 2. The van der Waals surface area contributed by atoms with Crippen molar-refractivity contribution in [3.63, 3.8) is 0 Å². The number of rotatable bonds is 7. The largest absolute Gasteiger partial charge is 0.496 e. The SMILES string of the molecule is COc1cccc2[nH]c(C(=O)N3CC(c4ccccc4)C[C@H]3C(=O)N[C@H](C#N)C[C@@H]3CCCNC3=O)cc12. The predicted molar refractivity (Wildman–Crippen MR) is 141 cm³/mol. The van der Waals surface area contributed by atoms with E-state index < -0.39 is 12.1 Å². The van der Waals surface area contributed by atoms with Crippen LogP contribution in [0.15, 0.2) is 54.6 Å². The van der Waals surface area contributed by atoms with Gasteiger partial charge >= 0.3 is 0 Å². The number of carbonyl (C=O) groups is 3. The van der Waals surface area contributed by atoms with Crippen LogP contribution in [0.25, 0.3) is 10.9 Å². The highest BCUT2D eigenvalue weighted by Gasteiger charge is 2.41. The van der Waals surface area contributed by atoms with Crippen LogP contribution in [0.2, 0.25) is 0 Å². The van der Waals surface area contributed by atoms with Crippen molar-refractivity contribution in [1.82, 2.24) is 20.5 Å². The van der Waals surface area contributed by atoms with Gasteiger partial charge in [-0.05, 0) is 49.4 Å². The number of hydrogen-bond donors (Lipinski definition) is 3. The number of hydrogen-bond acceptors (Lipinski definition) is 5. The minimum Gasteiger partial charge on any atom is -0.496 e. The van der Waals surface area contributed by atoms with Crippen molar-refractivity contribution in [2.75, 3.05) is 20.2 Å². The summed E-state index contributed by atoms with van der Waals surface area (Å²) in [6.07, 6.45) is 2.22. The van der Waals surface area contributed by atoms with Crippen molar-refractivity contribution in [3.05, 3.63) is 65.9 Å². The first-order valence-corrected chi connectivity index (χ1v) is 13.0. The number of ether oxygens (including phenoxy) is 1. The zero-order valence-electron chi connectivity index (χ0n) is 21.3. The minimum atomic E-state index is -0.818. The van der Waals surface area contributed by atoms with E-state index in [-0.39, 0.29) is 36.0 Å². The van der Waals surface area contributed by atoms with Crippen LogP contribution in [0, 0.1) is 17.2 Å². The quantitative estimate of drug-likeness (QED) is 0.447. The van der Waals surface area contributed by atoms with Gasteiger partial charge in [0.15, 0.2) is 0 Å². The van der Waals surface area contributed by atoms with Gasteiger partial charge in [-0.25, -0.2) is 0 Å². The van der Waals surface area contributed by atoms with E-state index in [2.05, 4.69) is 21.7 Å². The number of H-pyrrole nitrogens is 1. The summed E-state index contributed by atoms with van der Waals surface area (Å²) in [7, 11) is 1.58. The van der Waals surface area contributed by atoms with Gasteiger partial charge in [0, 0.05) is 35.8 Å². The first-order chi connectivity index (χ1) is 18.5. The fourth-order valence-corrected chi connectivity index (χ4v) is 5.61. The number of likely N-dealkylation sites (tertiary alicyclic amines) is 1. The molecule has 2 aromatic carbocycles. The highest BCUT2D eigenvalue weighted by atomic mass is 16.5. The van der Waals surface area contributed by atoms with Crippen LogP contribution in [0.4, 0.5) is 0 Å². The highest BCUT2D eigenvalue weighted by molar-refractivity contribution is 6.02. The number of methoxy groups -OCH3 is 1. The van der Waals surface area contributed by atoms with E-state index in [4.69, 9.17) is 4.74 Å². The molecule has 0 aliphatic carbocycles. The van der Waals surface area contributed by atoms with E-state index in [1.54, 1.807) is 18.1 Å². The smallest absolute Gasteiger partial charge is 0.271 e. The summed E-state index contributed by atoms with van der Waals surface area (Å²) in [5.74, 6) is -0.441. The van der Waals surface area contributed by atoms with Gasteiger partial charge < -0.3 is 25.3 Å². The summed E-state index contributed by atoms with van der Waals surface area (Å²) in [5, 5.41) is 16.2. The number of fused-ring (bicyclic) bond motifs is 1. The molecule has 38 heavy (non-hydrogen) atoms. The molecule has 3 amide bonds. The molecule has 196 valence electrons. The number of nitrogens with zero attached hydrogens (tertiary/aromatic N) is 2. The maximum Gasteiger partial charge on any atom is 0.271 e. The molecule has 1 aromatic heterocycles. The topological polar surface area (TPSA) is 127 Å². The Hall–Kier alpha value is -4.32. The first kappa shape index (κ1) is 25.3. The van der Waals surface area contributed by atoms with Gasteiger partial charge in [0.25, 0.3) is 5.91 Å². The lowest BCUT2D eigenvalue weighted by Crippen LogP contribution is -2.49. The van der Waals surface area contributed by atoms with Crippen molar-refractivity contribution in [2.45, 2.75) is 43.7 Å². The number of piperidine rings is 1. The Balaban J connectivity index is 1.39. The molecule has 4 atom stereocenters. The molecule has 3 N–H and O–H groups in total. The monoisotopic (exact) mass is 513 g/mol. The van der Waals surface area contributed by atoms with Crippen LogP contribution in [-0.2, 0) is 9.59 Å². The Morgan fingerprint density at radius 1 is 1.21 bits per heavy atom. The lowest BCUT2D eigenvalue weighted by atomic mass is 9.91. The number of aromatic amines is 1. The lowest BCUT2D eigenvalue weighted by Gasteiger charge is -2.27. The average Bonchev–Trinajstić information content (AvgIpc) is 3.59. The molecule has 2 aliphatic rings. The molecule has 2 aliphatic heterocycles. The Labute approximate surface area is 221 Å². The average molecular weight is 514 g/mol. The third-order valence-electron chi connectivity index (χ3n) is 7.60. The molecule has 1 unspecified atom stereocenters. The maximum absolute atomic E-state index is 13.8. The van der Waals surface area contributed by atoms with Crippen LogP contribution >= 0.6 is 0 Å². The van der Waals surface area contributed by atoms with Gasteiger partial charge in [0.2, 0.25) is 11.8 Å². The molecule has 0 radical (unpaired) electrons. The van der Waals surface area contributed by atoms with Crippen molar-refractivity contribution in [2.24, 2.45) is 5.92 Å². The Kier molecular flexibility index (Phi) is 7.31. The van der Waals surface area contributed by atoms with Crippen LogP contribution in [0.3, 0.4) is 0 Å². The standard InChI is InChI=1S/C29H31N5O4/c1-38-26-11-5-10-23-22(26)15-24(33-23)29(37)34-17-20(18-7-3-2-4-8-18)14-25(34)28(36)32-21(16-30)13-19-9-6-12-31-27(19)35/h2-5,7-8,10-11,15,19-21,25,33H,6,9,12-14,17H2,1H3,(H,31,35)(H,32,36)/t19-,20?,21-,25-/m0/s1. The highest BCUT2D eigenvalue weighted by Crippen LogP contribution is 2.34. The summed E-state index contributed by atoms with van der Waals surface area (Å²) in [5.41, 5.74) is 2.18. The molecule has 5 rings (SSSR count). The van der Waals surface area contributed by atoms with Crippen molar-refractivity contribution >= 4 is 28.6 Å². The van der Waals surface area contributed by atoms with Gasteiger partial charge in [0.1, 0.15) is 23.5 Å². The van der Waals surface area contributed by atoms with E-state index in [1.807, 2.05) is 48.5 Å². The normalized spacial score (nSPS) is 21.9. The van der Waals surface area contributed by atoms with Crippen molar-refractivity contribution < 1.29 is 19.1 Å². The zero-order valence-corrected chi connectivity index (χ0v) is 21.3. The van der Waals surface area contributed by atoms with Crippen LogP contribution in [0.1, 0.15) is 47.7 Å². The second kappa shape index (κ2) is 11.0. The second-order valence-corrected chi connectivity index (χ2v) is 9.98. The summed E-state index contributed by atoms with van der Waals surface area (Å²) < 4.78 is 5.44. The van der Waals surface area contributed by atoms with Gasteiger partial charge in [-0.1, -0.05) is 36.4 Å². The fraction of sp³-hybridized carbons (Fsp3) is 0.379. The zero-order chi connectivity index (χ0) is 26.6. The summed E-state index contributed by atoms with van der Waals surface area (Å²) in [6.45, 7) is 1.01. The Bertz CT molecular complexity index is 1380. The van der Waals surface area contributed by atoms with Gasteiger partial charge in [-0.2, -0.15) is 5.26 Å². The van der Waals surface area contributed by atoms with Gasteiger partial charge in [0.05, 0.1) is 13.2 Å². The van der Waals surface area contributed by atoms with Crippen LogP contribution < -0.4 is 15.4 Å². The van der Waals surface area contributed by atoms with Gasteiger partial charge in [-0.15, -0.1) is 0 Å². The van der Waals surface area contributed by atoms with Gasteiger partial charge in [-0.3, -0.25) is 14.4 Å². The molecule has 3 heterocycles. The van der Waals surface area contributed by atoms with E-state index >= 15 is 0 Å². The molecule has 2 fully saturated rings. The number of nitrogens with one attached hydrogen (secondary N) is 3. The van der Waals surface area contributed by atoms with Crippen molar-refractivity contribution in [1.29, 1.82) is 5.26 Å². The minimum absolute atomic E-state index is 0.0283. The predicted octanol–water partition coefficient (Wildman–Crippen LogP) is 3.10. The number of amides is 3. The van der Waals surface area contributed by atoms with E-state index in [0.29, 0.717) is 37.4 Å². The molecule has 0 bridgehead atoms. The Morgan fingerprint density at radius 3 is 2.76 bits per heavy atom. The third-order valence-corrected chi connectivity index (χ3v) is 7.60.